The van der Waals surface area contributed by atoms with Gasteiger partial charge in [0.15, 0.2) is 11.5 Å². The number of aromatic nitrogens is 1. The van der Waals surface area contributed by atoms with Gasteiger partial charge in [-0.1, -0.05) is 6.58 Å². The van der Waals surface area contributed by atoms with Gasteiger partial charge >= 0.3 is 0 Å². The molecule has 0 aliphatic heterocycles. The number of rotatable bonds is 7. The Hall–Kier alpha value is -3.02. The predicted octanol–water partition coefficient (Wildman–Crippen LogP) is 4.13. The van der Waals surface area contributed by atoms with Gasteiger partial charge in [-0.05, 0) is 45.0 Å². The molecular weight excluding hydrogens is 342 g/mol. The number of allylic oxidation sites excluding steroid dienone is 1. The van der Waals surface area contributed by atoms with E-state index in [1.54, 1.807) is 38.4 Å². The number of nitrogens with zero attached hydrogens (tertiary/aromatic N) is 2. The second kappa shape index (κ2) is 8.58. The van der Waals surface area contributed by atoms with Crippen LogP contribution in [0.15, 0.2) is 42.0 Å². The number of H-pyrrole nitrogens is 1. The first-order chi connectivity index (χ1) is 12.8. The maximum Gasteiger partial charge on any atom is 0.257 e. The summed E-state index contributed by atoms with van der Waals surface area (Å²) in [5.41, 5.74) is 3.41. The summed E-state index contributed by atoms with van der Waals surface area (Å²) in [4.78, 5) is 22.3. The summed E-state index contributed by atoms with van der Waals surface area (Å²) in [6.45, 7) is 9.71. The van der Waals surface area contributed by atoms with E-state index in [1.165, 1.54) is 0 Å². The molecule has 144 valence electrons. The van der Waals surface area contributed by atoms with Gasteiger partial charge in [0.2, 0.25) is 0 Å². The number of nitrogens with one attached hydrogen (secondary N) is 1. The van der Waals surface area contributed by atoms with Gasteiger partial charge in [-0.25, -0.2) is 4.99 Å². The van der Waals surface area contributed by atoms with Gasteiger partial charge in [-0.2, -0.15) is 0 Å². The van der Waals surface area contributed by atoms with Crippen LogP contribution in [0.25, 0.3) is 0 Å². The molecule has 0 atom stereocenters. The van der Waals surface area contributed by atoms with Crippen molar-refractivity contribution in [1.29, 1.82) is 0 Å². The molecular formula is C21H27N3O3. The standard InChI is InChI=1S/C21H27N3O3/c1-8-17(15-9-10-18(26-6)19(11-15)27-7)23-20-14(4)22-12-16(20)21(25)24(5)13(2)3/h8-13,22H,1H2,2-7H3. The van der Waals surface area contributed by atoms with Crippen molar-refractivity contribution in [3.63, 3.8) is 0 Å². The maximum atomic E-state index is 12.8. The Morgan fingerprint density at radius 1 is 1.26 bits per heavy atom. The molecule has 0 bridgehead atoms. The van der Waals surface area contributed by atoms with Crippen molar-refractivity contribution in [2.75, 3.05) is 21.3 Å². The molecule has 0 fully saturated rings. The molecule has 6 nitrogen and oxygen atoms in total. The van der Waals surface area contributed by atoms with Gasteiger partial charge in [0.1, 0.15) is 0 Å². The topological polar surface area (TPSA) is 66.9 Å². The number of amides is 1. The maximum absolute atomic E-state index is 12.8. The minimum Gasteiger partial charge on any atom is -0.493 e. The molecule has 1 amide bonds. The van der Waals surface area contributed by atoms with E-state index in [-0.39, 0.29) is 11.9 Å². The number of hydrogen-bond donors (Lipinski definition) is 1. The van der Waals surface area contributed by atoms with E-state index in [4.69, 9.17) is 14.5 Å². The molecule has 2 rings (SSSR count). The van der Waals surface area contributed by atoms with E-state index in [0.29, 0.717) is 28.5 Å². The molecule has 1 aromatic heterocycles. The molecule has 1 heterocycles. The number of methoxy groups -OCH3 is 2. The average molecular weight is 369 g/mol. The van der Waals surface area contributed by atoms with Crippen molar-refractivity contribution in [3.8, 4) is 11.5 Å². The Balaban J connectivity index is 2.52. The minimum atomic E-state index is -0.0798. The molecule has 0 saturated carbocycles. The van der Waals surface area contributed by atoms with Crippen molar-refractivity contribution < 1.29 is 14.3 Å². The Morgan fingerprint density at radius 2 is 1.93 bits per heavy atom. The number of benzene rings is 1. The third-order valence-electron chi connectivity index (χ3n) is 4.47. The number of aliphatic imine (C=N–C) groups is 1. The highest BCUT2D eigenvalue weighted by atomic mass is 16.5. The number of ether oxygens (including phenoxy) is 2. The van der Waals surface area contributed by atoms with Crippen LogP contribution in [-0.4, -0.2) is 48.8 Å². The molecule has 0 radical (unpaired) electrons. The normalized spacial score (nSPS) is 11.4. The molecule has 2 aromatic rings. The Labute approximate surface area is 160 Å². The number of carbonyl (C=O) groups is 1. The van der Waals surface area contributed by atoms with E-state index in [1.807, 2.05) is 39.0 Å². The van der Waals surface area contributed by atoms with Crippen LogP contribution < -0.4 is 9.47 Å². The molecule has 1 N–H and O–H groups in total. The van der Waals surface area contributed by atoms with E-state index in [9.17, 15) is 4.79 Å². The summed E-state index contributed by atoms with van der Waals surface area (Å²) >= 11 is 0. The first kappa shape index (κ1) is 20.3. The summed E-state index contributed by atoms with van der Waals surface area (Å²) in [6.07, 6.45) is 3.36. The zero-order valence-electron chi connectivity index (χ0n) is 16.8. The van der Waals surface area contributed by atoms with Crippen molar-refractivity contribution in [2.45, 2.75) is 26.8 Å². The zero-order chi connectivity index (χ0) is 20.1. The lowest BCUT2D eigenvalue weighted by molar-refractivity contribution is 0.0756. The molecule has 6 heteroatoms. The largest absolute Gasteiger partial charge is 0.493 e. The molecule has 0 aliphatic rings. The Kier molecular flexibility index (Phi) is 6.45. The van der Waals surface area contributed by atoms with Gasteiger partial charge in [0.25, 0.3) is 5.91 Å². The first-order valence-corrected chi connectivity index (χ1v) is 8.72. The van der Waals surface area contributed by atoms with Crippen molar-refractivity contribution in [2.24, 2.45) is 4.99 Å². The van der Waals surface area contributed by atoms with Gasteiger partial charge in [-0.3, -0.25) is 4.79 Å². The molecule has 0 spiro atoms. The smallest absolute Gasteiger partial charge is 0.257 e. The van der Waals surface area contributed by atoms with Gasteiger partial charge < -0.3 is 19.4 Å². The fourth-order valence-corrected chi connectivity index (χ4v) is 2.59. The number of hydrogen-bond acceptors (Lipinski definition) is 4. The lowest BCUT2D eigenvalue weighted by Crippen LogP contribution is -2.32. The van der Waals surface area contributed by atoms with Gasteiger partial charge in [0.05, 0.1) is 31.2 Å². The fourth-order valence-electron chi connectivity index (χ4n) is 2.59. The summed E-state index contributed by atoms with van der Waals surface area (Å²) in [5, 5.41) is 0. The second-order valence-corrected chi connectivity index (χ2v) is 6.46. The highest BCUT2D eigenvalue weighted by Gasteiger charge is 2.21. The number of aryl methyl sites for hydroxylation is 1. The van der Waals surface area contributed by atoms with Crippen LogP contribution >= 0.6 is 0 Å². The van der Waals surface area contributed by atoms with Crippen LogP contribution in [-0.2, 0) is 0 Å². The third kappa shape index (κ3) is 4.22. The molecule has 27 heavy (non-hydrogen) atoms. The predicted molar refractivity (Wildman–Crippen MR) is 109 cm³/mol. The van der Waals surface area contributed by atoms with Crippen LogP contribution in [0.2, 0.25) is 0 Å². The SMILES string of the molecule is C=CC(=Nc1c(C(=O)N(C)C(C)C)c[nH]c1C)c1ccc(OC)c(OC)c1. The highest BCUT2D eigenvalue weighted by Crippen LogP contribution is 2.30. The fraction of sp³-hybridized carbons (Fsp3) is 0.333. The number of carbonyl (C=O) groups excluding carboxylic acids is 1. The number of aromatic amines is 1. The lowest BCUT2D eigenvalue weighted by atomic mass is 10.1. The quantitative estimate of drug-likeness (QED) is 0.746. The molecule has 1 aromatic carbocycles. The average Bonchev–Trinajstić information content (AvgIpc) is 3.04. The molecule has 0 saturated heterocycles. The second-order valence-electron chi connectivity index (χ2n) is 6.46. The van der Waals surface area contributed by atoms with E-state index >= 15 is 0 Å². The van der Waals surface area contributed by atoms with Crippen LogP contribution in [0.3, 0.4) is 0 Å². The Morgan fingerprint density at radius 3 is 2.48 bits per heavy atom. The van der Waals surface area contributed by atoms with Gasteiger partial charge in [-0.15, -0.1) is 0 Å². The van der Waals surface area contributed by atoms with E-state index in [0.717, 1.165) is 11.3 Å². The van der Waals surface area contributed by atoms with Crippen molar-refractivity contribution in [1.82, 2.24) is 9.88 Å². The van der Waals surface area contributed by atoms with E-state index < -0.39 is 0 Å². The molecule has 0 aliphatic carbocycles. The molecule has 0 unspecified atom stereocenters. The summed E-state index contributed by atoms with van der Waals surface area (Å²) in [5.74, 6) is 1.16. The minimum absolute atomic E-state index is 0.0798. The van der Waals surface area contributed by atoms with Crippen LogP contribution in [0, 0.1) is 6.92 Å². The highest BCUT2D eigenvalue weighted by molar-refractivity contribution is 6.11. The van der Waals surface area contributed by atoms with E-state index in [2.05, 4.69) is 11.6 Å². The Bertz CT molecular complexity index is 866. The first-order valence-electron chi connectivity index (χ1n) is 8.72. The monoisotopic (exact) mass is 369 g/mol. The zero-order valence-corrected chi connectivity index (χ0v) is 16.8. The third-order valence-corrected chi connectivity index (χ3v) is 4.47. The van der Waals surface area contributed by atoms with Gasteiger partial charge in [0, 0.05) is 30.5 Å². The van der Waals surface area contributed by atoms with Crippen molar-refractivity contribution >= 4 is 17.3 Å². The summed E-state index contributed by atoms with van der Waals surface area (Å²) in [6, 6.07) is 5.62. The van der Waals surface area contributed by atoms with Crippen molar-refractivity contribution in [3.05, 3.63) is 53.9 Å². The lowest BCUT2D eigenvalue weighted by Gasteiger charge is -2.21. The summed E-state index contributed by atoms with van der Waals surface area (Å²) in [7, 11) is 4.96. The van der Waals surface area contributed by atoms with Crippen LogP contribution in [0.5, 0.6) is 11.5 Å². The van der Waals surface area contributed by atoms with Crippen LogP contribution in [0.4, 0.5) is 5.69 Å². The summed E-state index contributed by atoms with van der Waals surface area (Å²) < 4.78 is 10.7. The van der Waals surface area contributed by atoms with Crippen LogP contribution in [0.1, 0.15) is 35.5 Å².